The standard InChI is InChI=1S/C31H32O2Si/c1-18(2)34(19(3)4,20(5)6)29-17-22-8-10-26-24-11-13-27-25(9-7-21-15-16-32-30(21)27)23(24)12-14-28(26)31(22)33-29/h7-20H,1-6H3. The number of hydrogen-bond acceptors (Lipinski definition) is 2. The lowest BCUT2D eigenvalue weighted by molar-refractivity contribution is 0.619. The van der Waals surface area contributed by atoms with Crippen LogP contribution < -0.4 is 5.38 Å². The monoisotopic (exact) mass is 464 g/mol. The van der Waals surface area contributed by atoms with E-state index < -0.39 is 8.07 Å². The van der Waals surface area contributed by atoms with Crippen LogP contribution in [-0.2, 0) is 0 Å². The summed E-state index contributed by atoms with van der Waals surface area (Å²) >= 11 is 0. The Morgan fingerprint density at radius 3 is 1.59 bits per heavy atom. The Kier molecular flexibility index (Phi) is 4.73. The van der Waals surface area contributed by atoms with Crippen LogP contribution in [0, 0.1) is 0 Å². The largest absolute Gasteiger partial charge is 0.466 e. The maximum atomic E-state index is 6.86. The lowest BCUT2D eigenvalue weighted by Crippen LogP contribution is -2.55. The molecule has 2 nitrogen and oxygen atoms in total. The van der Waals surface area contributed by atoms with E-state index in [4.69, 9.17) is 8.83 Å². The van der Waals surface area contributed by atoms with Crippen LogP contribution in [0.3, 0.4) is 0 Å². The minimum absolute atomic E-state index is 0.616. The first kappa shape index (κ1) is 21.5. The molecule has 2 aromatic heterocycles. The minimum atomic E-state index is -1.86. The molecule has 0 fully saturated rings. The third kappa shape index (κ3) is 2.74. The van der Waals surface area contributed by atoms with Gasteiger partial charge in [0.1, 0.15) is 19.2 Å². The Bertz CT molecular complexity index is 1680. The average molecular weight is 465 g/mol. The number of rotatable bonds is 4. The van der Waals surface area contributed by atoms with E-state index in [-0.39, 0.29) is 0 Å². The molecule has 0 saturated carbocycles. The van der Waals surface area contributed by atoms with Gasteiger partial charge in [0.15, 0.2) is 0 Å². The first-order chi connectivity index (χ1) is 16.3. The summed E-state index contributed by atoms with van der Waals surface area (Å²) in [4.78, 5) is 0. The molecule has 0 bridgehead atoms. The van der Waals surface area contributed by atoms with E-state index in [1.807, 2.05) is 6.07 Å². The van der Waals surface area contributed by atoms with E-state index >= 15 is 0 Å². The van der Waals surface area contributed by atoms with Crippen LogP contribution in [0.5, 0.6) is 0 Å². The maximum Gasteiger partial charge on any atom is 0.141 e. The van der Waals surface area contributed by atoms with Gasteiger partial charge in [0.05, 0.1) is 11.6 Å². The average Bonchev–Trinajstić information content (AvgIpc) is 3.45. The van der Waals surface area contributed by atoms with Crippen LogP contribution in [0.2, 0.25) is 16.6 Å². The van der Waals surface area contributed by atoms with Gasteiger partial charge in [-0.3, -0.25) is 0 Å². The Balaban J connectivity index is 1.64. The van der Waals surface area contributed by atoms with Crippen molar-refractivity contribution < 1.29 is 8.83 Å². The number of fused-ring (bicyclic) bond motifs is 9. The second-order valence-corrected chi connectivity index (χ2v) is 16.6. The third-order valence-electron chi connectivity index (χ3n) is 8.38. The molecule has 2 heterocycles. The van der Waals surface area contributed by atoms with Crippen molar-refractivity contribution in [2.45, 2.75) is 58.2 Å². The molecule has 0 spiro atoms. The fraction of sp³-hybridized carbons (Fsp3) is 0.290. The van der Waals surface area contributed by atoms with Gasteiger partial charge in [0.25, 0.3) is 0 Å². The SMILES string of the molecule is CC(C)[Si](c1cc2ccc3c4ccc5c(ccc6ccoc65)c4ccc3c2o1)(C(C)C)C(C)C. The van der Waals surface area contributed by atoms with Gasteiger partial charge in [0, 0.05) is 21.5 Å². The summed E-state index contributed by atoms with van der Waals surface area (Å²) in [6, 6.07) is 22.3. The molecule has 4 aromatic carbocycles. The Hall–Kier alpha value is -3.04. The number of benzene rings is 4. The Labute approximate surface area is 201 Å². The van der Waals surface area contributed by atoms with E-state index in [1.165, 1.54) is 37.7 Å². The molecule has 0 unspecified atom stereocenters. The van der Waals surface area contributed by atoms with Crippen LogP contribution in [-0.4, -0.2) is 8.07 Å². The van der Waals surface area contributed by atoms with E-state index in [0.717, 1.165) is 21.9 Å². The van der Waals surface area contributed by atoms with Crippen molar-refractivity contribution in [2.24, 2.45) is 0 Å². The smallest absolute Gasteiger partial charge is 0.141 e. The fourth-order valence-corrected chi connectivity index (χ4v) is 13.4. The molecular weight excluding hydrogens is 432 g/mol. The van der Waals surface area contributed by atoms with Gasteiger partial charge in [-0.2, -0.15) is 0 Å². The Morgan fingerprint density at radius 2 is 1.00 bits per heavy atom. The van der Waals surface area contributed by atoms with Crippen molar-refractivity contribution in [1.82, 2.24) is 0 Å². The Morgan fingerprint density at radius 1 is 0.529 bits per heavy atom. The molecule has 0 radical (unpaired) electrons. The van der Waals surface area contributed by atoms with E-state index in [1.54, 1.807) is 6.26 Å². The first-order valence-corrected chi connectivity index (χ1v) is 14.8. The molecule has 172 valence electrons. The normalized spacial score (nSPS) is 13.2. The zero-order valence-electron chi connectivity index (χ0n) is 20.9. The highest BCUT2D eigenvalue weighted by atomic mass is 28.3. The molecule has 6 aromatic rings. The van der Waals surface area contributed by atoms with Crippen LogP contribution >= 0.6 is 0 Å². The van der Waals surface area contributed by atoms with Gasteiger partial charge >= 0.3 is 0 Å². The van der Waals surface area contributed by atoms with Crippen molar-refractivity contribution in [3.05, 3.63) is 66.9 Å². The van der Waals surface area contributed by atoms with Crippen LogP contribution in [0.25, 0.3) is 54.3 Å². The molecule has 0 amide bonds. The maximum absolute atomic E-state index is 6.86. The van der Waals surface area contributed by atoms with Gasteiger partial charge in [-0.15, -0.1) is 0 Å². The van der Waals surface area contributed by atoms with E-state index in [0.29, 0.717) is 16.6 Å². The topological polar surface area (TPSA) is 26.3 Å². The molecule has 0 saturated heterocycles. The minimum Gasteiger partial charge on any atom is -0.466 e. The third-order valence-corrected chi connectivity index (χ3v) is 15.2. The van der Waals surface area contributed by atoms with Crippen molar-refractivity contribution in [2.75, 3.05) is 0 Å². The second kappa shape index (κ2) is 7.48. The summed E-state index contributed by atoms with van der Waals surface area (Å²) in [7, 11) is -1.86. The van der Waals surface area contributed by atoms with Crippen molar-refractivity contribution in [1.29, 1.82) is 0 Å². The molecule has 0 aliphatic heterocycles. The molecule has 0 N–H and O–H groups in total. The highest BCUT2D eigenvalue weighted by Crippen LogP contribution is 2.43. The summed E-state index contributed by atoms with van der Waals surface area (Å²) < 4.78 is 12.7. The van der Waals surface area contributed by atoms with Crippen molar-refractivity contribution >= 4 is 67.7 Å². The summed E-state index contributed by atoms with van der Waals surface area (Å²) in [5, 5.41) is 11.0. The lowest BCUT2D eigenvalue weighted by Gasteiger charge is -2.40. The predicted octanol–water partition coefficient (Wildman–Crippen LogP) is 9.52. The quantitative estimate of drug-likeness (QED) is 0.192. The summed E-state index contributed by atoms with van der Waals surface area (Å²) in [6.45, 7) is 14.4. The predicted molar refractivity (Wildman–Crippen MR) is 149 cm³/mol. The summed E-state index contributed by atoms with van der Waals surface area (Å²) in [6.07, 6.45) is 1.77. The number of hydrogen-bond donors (Lipinski definition) is 0. The summed E-state index contributed by atoms with van der Waals surface area (Å²) in [5.74, 6) is 0. The van der Waals surface area contributed by atoms with Gasteiger partial charge in [-0.05, 0) is 62.4 Å². The zero-order valence-corrected chi connectivity index (χ0v) is 21.9. The molecule has 6 rings (SSSR count). The van der Waals surface area contributed by atoms with Crippen molar-refractivity contribution in [3.8, 4) is 0 Å². The highest BCUT2D eigenvalue weighted by Gasteiger charge is 2.47. The number of furan rings is 2. The molecule has 0 aliphatic carbocycles. The zero-order chi connectivity index (χ0) is 23.8. The van der Waals surface area contributed by atoms with Crippen LogP contribution in [0.1, 0.15) is 41.5 Å². The highest BCUT2D eigenvalue weighted by molar-refractivity contribution is 6.94. The molecule has 3 heteroatoms. The molecular formula is C31H32O2Si. The van der Waals surface area contributed by atoms with Crippen LogP contribution in [0.4, 0.5) is 0 Å². The van der Waals surface area contributed by atoms with Crippen LogP contribution in [0.15, 0.2) is 75.8 Å². The van der Waals surface area contributed by atoms with Gasteiger partial charge in [-0.1, -0.05) is 77.9 Å². The van der Waals surface area contributed by atoms with Gasteiger partial charge in [0.2, 0.25) is 0 Å². The van der Waals surface area contributed by atoms with Gasteiger partial charge < -0.3 is 8.83 Å². The lowest BCUT2D eigenvalue weighted by atomic mass is 9.96. The van der Waals surface area contributed by atoms with Crippen molar-refractivity contribution in [3.63, 3.8) is 0 Å². The fourth-order valence-electron chi connectivity index (χ4n) is 7.03. The molecule has 0 atom stereocenters. The second-order valence-electron chi connectivity index (χ2n) is 10.8. The van der Waals surface area contributed by atoms with E-state index in [2.05, 4.69) is 96.1 Å². The van der Waals surface area contributed by atoms with Gasteiger partial charge in [-0.25, -0.2) is 0 Å². The first-order valence-electron chi connectivity index (χ1n) is 12.5. The molecule has 34 heavy (non-hydrogen) atoms. The summed E-state index contributed by atoms with van der Waals surface area (Å²) in [5.41, 5.74) is 3.85. The van der Waals surface area contributed by atoms with E-state index in [9.17, 15) is 0 Å². The molecule has 0 aliphatic rings.